The lowest BCUT2D eigenvalue weighted by molar-refractivity contribution is 0.540. The van der Waals surface area contributed by atoms with Crippen molar-refractivity contribution in [2.45, 2.75) is 40.3 Å². The molecule has 110 valence electrons. The quantitative estimate of drug-likeness (QED) is 0.730. The highest BCUT2D eigenvalue weighted by atomic mass is 32.1. The van der Waals surface area contributed by atoms with Crippen molar-refractivity contribution in [2.75, 3.05) is 0 Å². The van der Waals surface area contributed by atoms with Gasteiger partial charge in [-0.3, -0.25) is 9.36 Å². The van der Waals surface area contributed by atoms with Gasteiger partial charge in [-0.25, -0.2) is 9.67 Å². The van der Waals surface area contributed by atoms with E-state index in [1.165, 1.54) is 0 Å². The second kappa shape index (κ2) is 5.36. The predicted molar refractivity (Wildman–Crippen MR) is 80.6 cm³/mol. The van der Waals surface area contributed by atoms with Crippen LogP contribution < -0.4 is 5.56 Å². The highest BCUT2D eigenvalue weighted by Crippen LogP contribution is 2.25. The van der Waals surface area contributed by atoms with Gasteiger partial charge in [0, 0.05) is 11.4 Å². The van der Waals surface area contributed by atoms with E-state index in [9.17, 15) is 4.79 Å². The van der Waals surface area contributed by atoms with Gasteiger partial charge >= 0.3 is 0 Å². The number of thiophene rings is 1. The molecule has 0 saturated heterocycles. The summed E-state index contributed by atoms with van der Waals surface area (Å²) in [5.74, 6) is 0.671. The number of nitrogens with zero attached hydrogens (tertiary/aromatic N) is 6. The van der Waals surface area contributed by atoms with Crippen molar-refractivity contribution in [3.63, 3.8) is 0 Å². The van der Waals surface area contributed by atoms with Gasteiger partial charge in [0.15, 0.2) is 5.82 Å². The fourth-order valence-corrected chi connectivity index (χ4v) is 3.24. The van der Waals surface area contributed by atoms with Crippen LogP contribution in [0.4, 0.5) is 0 Å². The molecule has 0 aliphatic heterocycles. The number of rotatable bonds is 4. The van der Waals surface area contributed by atoms with Crippen molar-refractivity contribution in [3.8, 4) is 0 Å². The molecule has 3 aromatic heterocycles. The molecule has 0 aromatic carbocycles. The Kier molecular flexibility index (Phi) is 3.54. The minimum Gasteiger partial charge on any atom is -0.291 e. The van der Waals surface area contributed by atoms with Gasteiger partial charge in [0.1, 0.15) is 4.83 Å². The first kappa shape index (κ1) is 13.9. The molecule has 7 nitrogen and oxygen atoms in total. The van der Waals surface area contributed by atoms with Gasteiger partial charge in [-0.05, 0) is 36.3 Å². The van der Waals surface area contributed by atoms with Crippen molar-refractivity contribution in [1.29, 1.82) is 0 Å². The maximum Gasteiger partial charge on any atom is 0.262 e. The Morgan fingerprint density at radius 1 is 1.33 bits per heavy atom. The van der Waals surface area contributed by atoms with Crippen LogP contribution in [0.25, 0.3) is 10.2 Å². The highest BCUT2D eigenvalue weighted by Gasteiger charge is 2.14. The average Bonchev–Trinajstić information content (AvgIpc) is 3.00. The molecule has 0 aliphatic rings. The second-order valence-corrected chi connectivity index (χ2v) is 6.16. The summed E-state index contributed by atoms with van der Waals surface area (Å²) in [4.78, 5) is 18.9. The summed E-state index contributed by atoms with van der Waals surface area (Å²) in [5.41, 5.74) is 0.975. The SMILES string of the molecule is CCCn1nnnc1Cn1cnc2sc(C)c(C)c2c1=O. The number of aromatic nitrogens is 6. The normalized spacial score (nSPS) is 11.4. The largest absolute Gasteiger partial charge is 0.291 e. The molecule has 0 spiro atoms. The molecule has 0 N–H and O–H groups in total. The molecule has 0 amide bonds. The molecule has 0 atom stereocenters. The first-order chi connectivity index (χ1) is 10.1. The lowest BCUT2D eigenvalue weighted by Crippen LogP contribution is -2.23. The summed E-state index contributed by atoms with van der Waals surface area (Å²) in [6.45, 7) is 7.10. The number of fused-ring (bicyclic) bond motifs is 1. The molecule has 0 saturated carbocycles. The van der Waals surface area contributed by atoms with Gasteiger partial charge in [0.05, 0.1) is 18.3 Å². The zero-order valence-corrected chi connectivity index (χ0v) is 13.0. The Morgan fingerprint density at radius 3 is 2.90 bits per heavy atom. The summed E-state index contributed by atoms with van der Waals surface area (Å²) >= 11 is 1.55. The lowest BCUT2D eigenvalue weighted by Gasteiger charge is -2.05. The van der Waals surface area contributed by atoms with Crippen LogP contribution in [0.15, 0.2) is 11.1 Å². The van der Waals surface area contributed by atoms with E-state index in [1.54, 1.807) is 26.9 Å². The van der Waals surface area contributed by atoms with E-state index in [4.69, 9.17) is 0 Å². The van der Waals surface area contributed by atoms with E-state index in [-0.39, 0.29) is 5.56 Å². The molecular formula is C13H16N6OS. The molecule has 21 heavy (non-hydrogen) atoms. The molecule has 3 heterocycles. The van der Waals surface area contributed by atoms with Gasteiger partial charge in [0.2, 0.25) is 0 Å². The molecule has 0 radical (unpaired) electrons. The van der Waals surface area contributed by atoms with Gasteiger partial charge in [0.25, 0.3) is 5.56 Å². The van der Waals surface area contributed by atoms with Crippen molar-refractivity contribution < 1.29 is 0 Å². The summed E-state index contributed by atoms with van der Waals surface area (Å²) in [7, 11) is 0. The molecule has 0 bridgehead atoms. The van der Waals surface area contributed by atoms with Crippen molar-refractivity contribution in [2.24, 2.45) is 0 Å². The third-order valence-electron chi connectivity index (χ3n) is 3.51. The maximum atomic E-state index is 12.6. The van der Waals surface area contributed by atoms with Crippen LogP contribution in [0.5, 0.6) is 0 Å². The third kappa shape index (κ3) is 2.35. The van der Waals surface area contributed by atoms with Crippen molar-refractivity contribution >= 4 is 21.6 Å². The van der Waals surface area contributed by atoms with Gasteiger partial charge in [-0.2, -0.15) is 0 Å². The van der Waals surface area contributed by atoms with E-state index < -0.39 is 0 Å². The van der Waals surface area contributed by atoms with Gasteiger partial charge in [-0.1, -0.05) is 6.92 Å². The molecule has 0 fully saturated rings. The number of hydrogen-bond acceptors (Lipinski definition) is 6. The summed E-state index contributed by atoms with van der Waals surface area (Å²) in [6.07, 6.45) is 2.51. The van der Waals surface area contributed by atoms with E-state index in [0.29, 0.717) is 17.8 Å². The number of aryl methyl sites for hydroxylation is 3. The first-order valence-corrected chi connectivity index (χ1v) is 7.63. The fraction of sp³-hybridized carbons (Fsp3) is 0.462. The highest BCUT2D eigenvalue weighted by molar-refractivity contribution is 7.18. The Labute approximate surface area is 125 Å². The first-order valence-electron chi connectivity index (χ1n) is 6.82. The Bertz CT molecular complexity index is 846. The molecule has 0 unspecified atom stereocenters. The van der Waals surface area contributed by atoms with Crippen LogP contribution in [0.1, 0.15) is 29.6 Å². The van der Waals surface area contributed by atoms with Crippen LogP contribution in [0.2, 0.25) is 0 Å². The zero-order valence-electron chi connectivity index (χ0n) is 12.2. The van der Waals surface area contributed by atoms with E-state index >= 15 is 0 Å². The van der Waals surface area contributed by atoms with E-state index in [2.05, 4.69) is 27.4 Å². The van der Waals surface area contributed by atoms with Crippen LogP contribution in [0, 0.1) is 13.8 Å². The van der Waals surface area contributed by atoms with Crippen molar-refractivity contribution in [3.05, 3.63) is 32.9 Å². The van der Waals surface area contributed by atoms with E-state index in [1.807, 2.05) is 13.8 Å². The number of tetrazole rings is 1. The molecule has 8 heteroatoms. The maximum absolute atomic E-state index is 12.6. The van der Waals surface area contributed by atoms with Gasteiger partial charge < -0.3 is 0 Å². The Balaban J connectivity index is 2.05. The number of hydrogen-bond donors (Lipinski definition) is 0. The lowest BCUT2D eigenvalue weighted by atomic mass is 10.2. The summed E-state index contributed by atoms with van der Waals surface area (Å²) in [6, 6.07) is 0. The third-order valence-corrected chi connectivity index (χ3v) is 4.62. The van der Waals surface area contributed by atoms with Crippen molar-refractivity contribution in [1.82, 2.24) is 29.8 Å². The fourth-order valence-electron chi connectivity index (χ4n) is 2.26. The topological polar surface area (TPSA) is 78.5 Å². The smallest absolute Gasteiger partial charge is 0.262 e. The summed E-state index contributed by atoms with van der Waals surface area (Å²) in [5, 5.41) is 12.3. The average molecular weight is 304 g/mol. The zero-order chi connectivity index (χ0) is 15.0. The minimum absolute atomic E-state index is 0.0344. The monoisotopic (exact) mass is 304 g/mol. The molecule has 3 rings (SSSR count). The Morgan fingerprint density at radius 2 is 2.14 bits per heavy atom. The standard InChI is InChI=1S/C13H16N6OS/c1-4-5-19-10(15-16-17-19)6-18-7-14-12-11(13(18)20)8(2)9(3)21-12/h7H,4-6H2,1-3H3. The Hall–Kier alpha value is -2.09. The van der Waals surface area contributed by atoms with Crippen LogP contribution in [-0.2, 0) is 13.1 Å². The predicted octanol–water partition coefficient (Wildman–Crippen LogP) is 1.52. The van der Waals surface area contributed by atoms with Crippen LogP contribution in [-0.4, -0.2) is 29.8 Å². The van der Waals surface area contributed by atoms with Crippen LogP contribution in [0.3, 0.4) is 0 Å². The second-order valence-electron chi connectivity index (χ2n) is 4.96. The van der Waals surface area contributed by atoms with Gasteiger partial charge in [-0.15, -0.1) is 16.4 Å². The van der Waals surface area contributed by atoms with E-state index in [0.717, 1.165) is 28.2 Å². The molecule has 0 aliphatic carbocycles. The summed E-state index contributed by atoms with van der Waals surface area (Å²) < 4.78 is 3.29. The minimum atomic E-state index is -0.0344. The van der Waals surface area contributed by atoms with Crippen LogP contribution >= 0.6 is 11.3 Å². The molecular weight excluding hydrogens is 288 g/mol. The molecule has 3 aromatic rings.